The molecule has 0 saturated heterocycles. The number of nitrogens with zero attached hydrogens (tertiary/aromatic N) is 3. The fourth-order valence-electron chi connectivity index (χ4n) is 5.64. The Kier molecular flexibility index (Phi) is 8.79. The van der Waals surface area contributed by atoms with Gasteiger partial charge in [0.25, 0.3) is 0 Å². The average molecular weight is 599 g/mol. The number of hydrogen-bond acceptors (Lipinski definition) is 7. The quantitative estimate of drug-likeness (QED) is 0.156. The molecule has 1 atom stereocenters. The van der Waals surface area contributed by atoms with Gasteiger partial charge in [0.05, 0.1) is 5.57 Å². The number of anilines is 1. The van der Waals surface area contributed by atoms with Crippen LogP contribution in [0.3, 0.4) is 0 Å². The van der Waals surface area contributed by atoms with E-state index in [2.05, 4.69) is 29.4 Å². The molecule has 222 valence electrons. The van der Waals surface area contributed by atoms with Gasteiger partial charge in [0.15, 0.2) is 0 Å². The second-order valence-corrected chi connectivity index (χ2v) is 12.1. The maximum atomic E-state index is 14.2. The summed E-state index contributed by atoms with van der Waals surface area (Å²) in [4.78, 5) is 18.4. The maximum absolute atomic E-state index is 14.2. The number of halogens is 1. The Hall–Kier alpha value is -4.11. The SMILES string of the molecule is CC1=C(C(=O)OC2CCCCC2)C(c2ccc(OCc3cccc(C)c3)cc2)n2nc(SCc3ccccc3F)nc2N1. The predicted octanol–water partition coefficient (Wildman–Crippen LogP) is 7.76. The van der Waals surface area contributed by atoms with Crippen LogP contribution in [-0.4, -0.2) is 26.8 Å². The zero-order chi connectivity index (χ0) is 29.8. The van der Waals surface area contributed by atoms with Crippen LogP contribution < -0.4 is 10.1 Å². The molecule has 0 bridgehead atoms. The molecule has 6 rings (SSSR count). The number of aryl methyl sites for hydroxylation is 1. The Morgan fingerprint density at radius 1 is 1.02 bits per heavy atom. The number of ether oxygens (including phenoxy) is 2. The summed E-state index contributed by atoms with van der Waals surface area (Å²) in [6.07, 6.45) is 5.00. The van der Waals surface area contributed by atoms with Gasteiger partial charge in [-0.05, 0) is 74.4 Å². The Bertz CT molecular complexity index is 1630. The van der Waals surface area contributed by atoms with Crippen LogP contribution in [0.5, 0.6) is 5.75 Å². The molecule has 2 heterocycles. The number of thioether (sulfide) groups is 1. The van der Waals surface area contributed by atoms with Crippen LogP contribution in [0.1, 0.15) is 67.3 Å². The van der Waals surface area contributed by atoms with E-state index in [4.69, 9.17) is 14.6 Å². The molecular formula is C34H35FN4O3S. The van der Waals surface area contributed by atoms with Crippen molar-refractivity contribution in [2.75, 3.05) is 5.32 Å². The van der Waals surface area contributed by atoms with Gasteiger partial charge in [-0.25, -0.2) is 13.9 Å². The highest BCUT2D eigenvalue weighted by Gasteiger charge is 2.36. The van der Waals surface area contributed by atoms with Gasteiger partial charge < -0.3 is 14.8 Å². The highest BCUT2D eigenvalue weighted by atomic mass is 32.2. The van der Waals surface area contributed by atoms with Crippen molar-refractivity contribution < 1.29 is 18.7 Å². The number of esters is 1. The number of fused-ring (bicyclic) bond motifs is 1. The first-order chi connectivity index (χ1) is 20.9. The fraction of sp³-hybridized carbons (Fsp3) is 0.324. The van der Waals surface area contributed by atoms with Crippen molar-refractivity contribution in [3.05, 3.63) is 112 Å². The van der Waals surface area contributed by atoms with Gasteiger partial charge in [0, 0.05) is 11.4 Å². The Morgan fingerprint density at radius 2 is 1.81 bits per heavy atom. The molecule has 43 heavy (non-hydrogen) atoms. The molecule has 2 aliphatic rings. The van der Waals surface area contributed by atoms with Gasteiger partial charge in [-0.2, -0.15) is 4.98 Å². The lowest BCUT2D eigenvalue weighted by atomic mass is 9.95. The van der Waals surface area contributed by atoms with E-state index in [0.717, 1.165) is 42.6 Å². The summed E-state index contributed by atoms with van der Waals surface area (Å²) in [7, 11) is 0. The van der Waals surface area contributed by atoms with Crippen molar-refractivity contribution in [2.24, 2.45) is 0 Å². The van der Waals surface area contributed by atoms with Crippen LogP contribution in [0.25, 0.3) is 0 Å². The Labute approximate surface area is 255 Å². The van der Waals surface area contributed by atoms with Gasteiger partial charge in [-0.3, -0.25) is 0 Å². The summed E-state index contributed by atoms with van der Waals surface area (Å²) in [5.74, 6) is 1.03. The first-order valence-electron chi connectivity index (χ1n) is 14.7. The number of aromatic nitrogens is 3. The minimum Gasteiger partial charge on any atom is -0.489 e. The number of hydrogen-bond donors (Lipinski definition) is 1. The van der Waals surface area contributed by atoms with Crippen LogP contribution in [0, 0.1) is 12.7 Å². The average Bonchev–Trinajstić information content (AvgIpc) is 3.42. The summed E-state index contributed by atoms with van der Waals surface area (Å²) in [5, 5.41) is 8.54. The highest BCUT2D eigenvalue weighted by molar-refractivity contribution is 7.98. The van der Waals surface area contributed by atoms with Crippen molar-refractivity contribution in [3.63, 3.8) is 0 Å². The molecule has 4 aromatic rings. The summed E-state index contributed by atoms with van der Waals surface area (Å²) in [6.45, 7) is 4.39. The fourth-order valence-corrected chi connectivity index (χ4v) is 6.45. The van der Waals surface area contributed by atoms with Gasteiger partial charge in [-0.1, -0.05) is 78.3 Å². The van der Waals surface area contributed by atoms with Crippen LogP contribution in [-0.2, 0) is 21.9 Å². The molecule has 1 fully saturated rings. The number of allylic oxidation sites excluding steroid dienone is 1. The van der Waals surface area contributed by atoms with E-state index in [0.29, 0.717) is 40.3 Å². The van der Waals surface area contributed by atoms with Gasteiger partial charge >= 0.3 is 5.97 Å². The molecule has 1 aliphatic heterocycles. The number of carbonyl (C=O) groups excluding carboxylic acids is 1. The number of carbonyl (C=O) groups is 1. The Morgan fingerprint density at radius 3 is 2.58 bits per heavy atom. The highest BCUT2D eigenvalue weighted by Crippen LogP contribution is 2.38. The van der Waals surface area contributed by atoms with Gasteiger partial charge in [0.2, 0.25) is 11.1 Å². The summed E-state index contributed by atoms with van der Waals surface area (Å²) in [6, 6.07) is 22.1. The van der Waals surface area contributed by atoms with Crippen molar-refractivity contribution in [1.82, 2.24) is 14.8 Å². The smallest absolute Gasteiger partial charge is 0.338 e. The zero-order valence-corrected chi connectivity index (χ0v) is 25.2. The van der Waals surface area contributed by atoms with Gasteiger partial charge in [-0.15, -0.1) is 5.10 Å². The second-order valence-electron chi connectivity index (χ2n) is 11.1. The topological polar surface area (TPSA) is 78.3 Å². The van der Waals surface area contributed by atoms with Crippen molar-refractivity contribution in [2.45, 2.75) is 75.6 Å². The molecule has 1 unspecified atom stereocenters. The van der Waals surface area contributed by atoms with E-state index < -0.39 is 6.04 Å². The van der Waals surface area contributed by atoms with E-state index in [1.54, 1.807) is 16.8 Å². The van der Waals surface area contributed by atoms with Crippen molar-refractivity contribution in [3.8, 4) is 5.75 Å². The largest absolute Gasteiger partial charge is 0.489 e. The second kappa shape index (κ2) is 13.0. The van der Waals surface area contributed by atoms with E-state index in [1.807, 2.05) is 49.4 Å². The first kappa shape index (κ1) is 29.0. The molecule has 1 aromatic heterocycles. The minimum atomic E-state index is -0.548. The third-order valence-electron chi connectivity index (χ3n) is 7.88. The lowest BCUT2D eigenvalue weighted by molar-refractivity contribution is -0.146. The molecule has 0 amide bonds. The van der Waals surface area contributed by atoms with E-state index in [9.17, 15) is 9.18 Å². The molecule has 0 radical (unpaired) electrons. The molecular weight excluding hydrogens is 563 g/mol. The van der Waals surface area contributed by atoms with E-state index in [1.165, 1.54) is 29.8 Å². The predicted molar refractivity (Wildman–Crippen MR) is 165 cm³/mol. The van der Waals surface area contributed by atoms with Crippen molar-refractivity contribution in [1.29, 1.82) is 0 Å². The monoisotopic (exact) mass is 598 g/mol. The number of benzene rings is 3. The normalized spacial score (nSPS) is 16.9. The van der Waals surface area contributed by atoms with Crippen molar-refractivity contribution >= 4 is 23.7 Å². The number of nitrogens with one attached hydrogen (secondary N) is 1. The number of rotatable bonds is 9. The van der Waals surface area contributed by atoms with Crippen LogP contribution >= 0.6 is 11.8 Å². The summed E-state index contributed by atoms with van der Waals surface area (Å²) >= 11 is 1.35. The standard InChI is InChI=1S/C34H35FN4O3S/c1-22-9-8-10-24(19-22)20-41-27-17-15-25(16-18-27)31-30(32(40)42-28-12-4-3-5-13-28)23(2)36-33-37-34(38-39(31)33)43-21-26-11-6-7-14-29(26)35/h6-11,14-19,28,31H,3-5,12-13,20-21H2,1-2H3,(H,36,37,38). The Balaban J connectivity index is 1.27. The molecule has 3 aromatic carbocycles. The molecule has 1 aliphatic carbocycles. The molecule has 9 heteroatoms. The molecule has 0 spiro atoms. The summed E-state index contributed by atoms with van der Waals surface area (Å²) in [5.41, 5.74) is 4.90. The van der Waals surface area contributed by atoms with Crippen LogP contribution in [0.4, 0.5) is 10.3 Å². The lowest BCUT2D eigenvalue weighted by Gasteiger charge is -2.30. The molecule has 1 saturated carbocycles. The summed E-state index contributed by atoms with van der Waals surface area (Å²) < 4.78 is 28.1. The minimum absolute atomic E-state index is 0.0800. The third kappa shape index (κ3) is 6.77. The van der Waals surface area contributed by atoms with Crippen LogP contribution in [0.15, 0.2) is 89.2 Å². The first-order valence-corrected chi connectivity index (χ1v) is 15.7. The van der Waals surface area contributed by atoms with E-state index >= 15 is 0 Å². The van der Waals surface area contributed by atoms with Crippen LogP contribution in [0.2, 0.25) is 0 Å². The molecule has 1 N–H and O–H groups in total. The third-order valence-corrected chi connectivity index (χ3v) is 8.76. The zero-order valence-electron chi connectivity index (χ0n) is 24.4. The van der Waals surface area contributed by atoms with Gasteiger partial charge in [0.1, 0.15) is 30.3 Å². The maximum Gasteiger partial charge on any atom is 0.338 e. The van der Waals surface area contributed by atoms with E-state index in [-0.39, 0.29) is 17.9 Å². The molecule has 7 nitrogen and oxygen atoms in total. The lowest BCUT2D eigenvalue weighted by Crippen LogP contribution is -2.32.